The standard InChI is InChI=1S/C11H21N3O/c1-3-13-10(7-12)8-14(2)9-11-5-4-6-15-11/h10-11,13H,3-6,8-9H2,1-2H3. The molecule has 0 aliphatic carbocycles. The number of rotatable bonds is 6. The maximum atomic E-state index is 8.90. The molecule has 1 rings (SSSR count). The first-order valence-electron chi connectivity index (χ1n) is 5.69. The van der Waals surface area contributed by atoms with Gasteiger partial charge in [0.1, 0.15) is 6.04 Å². The lowest BCUT2D eigenvalue weighted by Crippen LogP contribution is -2.41. The average Bonchev–Trinajstić information content (AvgIpc) is 2.69. The number of nitriles is 1. The number of nitrogens with zero attached hydrogens (tertiary/aromatic N) is 2. The lowest BCUT2D eigenvalue weighted by Gasteiger charge is -2.22. The number of hydrogen-bond donors (Lipinski definition) is 1. The summed E-state index contributed by atoms with van der Waals surface area (Å²) in [6, 6.07) is 2.20. The van der Waals surface area contributed by atoms with E-state index in [1.165, 1.54) is 6.42 Å². The SMILES string of the molecule is CCNC(C#N)CN(C)CC1CCCO1. The van der Waals surface area contributed by atoms with Crippen LogP contribution in [-0.4, -0.2) is 50.3 Å². The molecule has 0 saturated carbocycles. The summed E-state index contributed by atoms with van der Waals surface area (Å²) in [6.07, 6.45) is 2.70. The summed E-state index contributed by atoms with van der Waals surface area (Å²) in [5, 5.41) is 12.0. The normalized spacial score (nSPS) is 22.9. The highest BCUT2D eigenvalue weighted by Gasteiger charge is 2.18. The first-order valence-corrected chi connectivity index (χ1v) is 5.69. The van der Waals surface area contributed by atoms with Crippen molar-refractivity contribution in [2.24, 2.45) is 0 Å². The smallest absolute Gasteiger partial charge is 0.108 e. The molecule has 1 fully saturated rings. The highest BCUT2D eigenvalue weighted by Crippen LogP contribution is 2.12. The number of nitrogens with one attached hydrogen (secondary N) is 1. The third-order valence-corrected chi connectivity index (χ3v) is 2.64. The Morgan fingerprint density at radius 2 is 2.47 bits per heavy atom. The van der Waals surface area contributed by atoms with Crippen molar-refractivity contribution in [3.05, 3.63) is 0 Å². The predicted octanol–water partition coefficient (Wildman–Crippen LogP) is 0.599. The van der Waals surface area contributed by atoms with Crippen molar-refractivity contribution in [3.63, 3.8) is 0 Å². The number of ether oxygens (including phenoxy) is 1. The van der Waals surface area contributed by atoms with Gasteiger partial charge in [0.2, 0.25) is 0 Å². The summed E-state index contributed by atoms with van der Waals surface area (Å²) in [4.78, 5) is 2.17. The van der Waals surface area contributed by atoms with Crippen LogP contribution in [-0.2, 0) is 4.74 Å². The highest BCUT2D eigenvalue weighted by atomic mass is 16.5. The molecule has 0 spiro atoms. The maximum Gasteiger partial charge on any atom is 0.108 e. The van der Waals surface area contributed by atoms with Crippen LogP contribution in [0.4, 0.5) is 0 Å². The van der Waals surface area contributed by atoms with Crippen LogP contribution in [0.1, 0.15) is 19.8 Å². The molecular formula is C11H21N3O. The zero-order chi connectivity index (χ0) is 11.1. The van der Waals surface area contributed by atoms with E-state index in [0.29, 0.717) is 6.10 Å². The van der Waals surface area contributed by atoms with Gasteiger partial charge in [0, 0.05) is 19.7 Å². The topological polar surface area (TPSA) is 48.3 Å². The zero-order valence-electron chi connectivity index (χ0n) is 9.70. The van der Waals surface area contributed by atoms with Gasteiger partial charge in [0.05, 0.1) is 12.2 Å². The summed E-state index contributed by atoms with van der Waals surface area (Å²) in [5.74, 6) is 0. The van der Waals surface area contributed by atoms with Crippen LogP contribution in [0.3, 0.4) is 0 Å². The molecule has 0 amide bonds. The van der Waals surface area contributed by atoms with Crippen LogP contribution in [0.5, 0.6) is 0 Å². The zero-order valence-corrected chi connectivity index (χ0v) is 9.70. The van der Waals surface area contributed by atoms with Crippen LogP contribution in [0.15, 0.2) is 0 Å². The fraction of sp³-hybridized carbons (Fsp3) is 0.909. The molecule has 2 atom stereocenters. The van der Waals surface area contributed by atoms with Crippen LogP contribution < -0.4 is 5.32 Å². The first kappa shape index (κ1) is 12.4. The number of likely N-dealkylation sites (N-methyl/N-ethyl adjacent to an activating group) is 2. The van der Waals surface area contributed by atoms with Gasteiger partial charge in [-0.25, -0.2) is 0 Å². The lowest BCUT2D eigenvalue weighted by atomic mass is 10.2. The Morgan fingerprint density at radius 1 is 1.67 bits per heavy atom. The minimum atomic E-state index is -0.0681. The highest BCUT2D eigenvalue weighted by molar-refractivity contribution is 4.91. The van der Waals surface area contributed by atoms with E-state index < -0.39 is 0 Å². The van der Waals surface area contributed by atoms with Crippen molar-refractivity contribution in [2.75, 3.05) is 33.3 Å². The van der Waals surface area contributed by atoms with Gasteiger partial charge in [0.25, 0.3) is 0 Å². The van der Waals surface area contributed by atoms with E-state index >= 15 is 0 Å². The van der Waals surface area contributed by atoms with Crippen LogP contribution in [0.2, 0.25) is 0 Å². The first-order chi connectivity index (χ1) is 7.26. The van der Waals surface area contributed by atoms with Gasteiger partial charge in [-0.1, -0.05) is 6.92 Å². The molecule has 1 saturated heterocycles. The molecule has 2 unspecified atom stereocenters. The molecule has 1 N–H and O–H groups in total. The second kappa shape index (κ2) is 6.78. The van der Waals surface area contributed by atoms with E-state index in [1.54, 1.807) is 0 Å². The van der Waals surface area contributed by atoms with E-state index in [-0.39, 0.29) is 6.04 Å². The third kappa shape index (κ3) is 4.61. The van der Waals surface area contributed by atoms with E-state index in [4.69, 9.17) is 10.00 Å². The molecule has 0 aromatic rings. The van der Waals surface area contributed by atoms with E-state index in [1.807, 2.05) is 14.0 Å². The Labute approximate surface area is 92.2 Å². The van der Waals surface area contributed by atoms with Gasteiger partial charge in [-0.15, -0.1) is 0 Å². The Hall–Kier alpha value is -0.630. The van der Waals surface area contributed by atoms with Crippen molar-refractivity contribution >= 4 is 0 Å². The van der Waals surface area contributed by atoms with Crippen LogP contribution in [0.25, 0.3) is 0 Å². The van der Waals surface area contributed by atoms with Gasteiger partial charge in [-0.2, -0.15) is 5.26 Å². The summed E-state index contributed by atoms with van der Waals surface area (Å²) >= 11 is 0. The monoisotopic (exact) mass is 211 g/mol. The Bertz CT molecular complexity index is 208. The molecule has 0 aromatic carbocycles. The molecule has 4 heteroatoms. The molecule has 15 heavy (non-hydrogen) atoms. The molecular weight excluding hydrogens is 190 g/mol. The largest absolute Gasteiger partial charge is 0.377 e. The minimum absolute atomic E-state index is 0.0681. The molecule has 1 heterocycles. The van der Waals surface area contributed by atoms with Crippen molar-refractivity contribution in [3.8, 4) is 6.07 Å². The molecule has 1 aliphatic rings. The Morgan fingerprint density at radius 3 is 3.00 bits per heavy atom. The average molecular weight is 211 g/mol. The summed E-state index contributed by atoms with van der Waals surface area (Å²) in [6.45, 7) is 5.46. The van der Waals surface area contributed by atoms with Crippen molar-refractivity contribution in [1.82, 2.24) is 10.2 Å². The van der Waals surface area contributed by atoms with Crippen molar-refractivity contribution in [1.29, 1.82) is 5.26 Å². The third-order valence-electron chi connectivity index (χ3n) is 2.64. The molecule has 0 bridgehead atoms. The maximum absolute atomic E-state index is 8.90. The van der Waals surface area contributed by atoms with E-state index in [9.17, 15) is 0 Å². The van der Waals surface area contributed by atoms with E-state index in [0.717, 1.165) is 32.7 Å². The number of hydrogen-bond acceptors (Lipinski definition) is 4. The van der Waals surface area contributed by atoms with Gasteiger partial charge in [-0.05, 0) is 26.4 Å². The van der Waals surface area contributed by atoms with E-state index in [2.05, 4.69) is 16.3 Å². The fourth-order valence-electron chi connectivity index (χ4n) is 1.92. The van der Waals surface area contributed by atoms with Gasteiger partial charge >= 0.3 is 0 Å². The summed E-state index contributed by atoms with van der Waals surface area (Å²) in [5.41, 5.74) is 0. The lowest BCUT2D eigenvalue weighted by molar-refractivity contribution is 0.0800. The second-order valence-corrected chi connectivity index (χ2v) is 4.10. The Balaban J connectivity index is 2.21. The summed E-state index contributed by atoms with van der Waals surface area (Å²) in [7, 11) is 2.04. The van der Waals surface area contributed by atoms with Crippen LogP contribution >= 0.6 is 0 Å². The molecule has 4 nitrogen and oxygen atoms in total. The molecule has 0 aromatic heterocycles. The van der Waals surface area contributed by atoms with Crippen molar-refractivity contribution in [2.45, 2.75) is 31.9 Å². The van der Waals surface area contributed by atoms with Crippen LogP contribution in [0, 0.1) is 11.3 Å². The second-order valence-electron chi connectivity index (χ2n) is 4.10. The quantitative estimate of drug-likeness (QED) is 0.699. The molecule has 1 aliphatic heterocycles. The minimum Gasteiger partial charge on any atom is -0.377 e. The molecule has 86 valence electrons. The fourth-order valence-corrected chi connectivity index (χ4v) is 1.92. The summed E-state index contributed by atoms with van der Waals surface area (Å²) < 4.78 is 5.55. The van der Waals surface area contributed by atoms with Gasteiger partial charge < -0.3 is 15.0 Å². The van der Waals surface area contributed by atoms with Crippen molar-refractivity contribution < 1.29 is 4.74 Å². The van der Waals surface area contributed by atoms with Gasteiger partial charge in [0.15, 0.2) is 0 Å². The Kier molecular flexibility index (Phi) is 5.62. The van der Waals surface area contributed by atoms with Gasteiger partial charge in [-0.3, -0.25) is 0 Å². The molecule has 0 radical (unpaired) electrons. The predicted molar refractivity (Wildman–Crippen MR) is 59.5 cm³/mol.